The maximum atomic E-state index is 11.0. The van der Waals surface area contributed by atoms with Crippen molar-refractivity contribution in [2.75, 3.05) is 0 Å². The van der Waals surface area contributed by atoms with Gasteiger partial charge in [0.15, 0.2) is 17.8 Å². The predicted octanol–water partition coefficient (Wildman–Crippen LogP) is 3.71. The van der Waals surface area contributed by atoms with Crippen molar-refractivity contribution in [2.45, 2.75) is 0 Å². The monoisotopic (exact) mass is 265 g/mol. The van der Waals surface area contributed by atoms with Crippen LogP contribution in [0.2, 0.25) is 0 Å². The third kappa shape index (κ3) is 2.19. The molecule has 0 saturated heterocycles. The first kappa shape index (κ1) is 12.2. The first-order valence-corrected chi connectivity index (χ1v) is 6.08. The molecule has 0 saturated carbocycles. The van der Waals surface area contributed by atoms with Crippen LogP contribution in [0.15, 0.2) is 65.4 Å². The fourth-order valence-corrected chi connectivity index (χ4v) is 2.05. The van der Waals surface area contributed by atoms with Crippen LogP contribution in [0.3, 0.4) is 0 Å². The van der Waals surface area contributed by atoms with Crippen LogP contribution in [0.5, 0.6) is 0 Å². The van der Waals surface area contributed by atoms with E-state index in [0.29, 0.717) is 5.56 Å². The molecule has 20 heavy (non-hydrogen) atoms. The molecule has 0 bridgehead atoms. The highest BCUT2D eigenvalue weighted by molar-refractivity contribution is 5.92. The Kier molecular flexibility index (Phi) is 3.05. The van der Waals surface area contributed by atoms with E-state index in [2.05, 4.69) is 4.98 Å². The van der Waals surface area contributed by atoms with Crippen molar-refractivity contribution in [3.8, 4) is 22.5 Å². The third-order valence-corrected chi connectivity index (χ3v) is 3.02. The Morgan fingerprint density at radius 2 is 1.50 bits per heavy atom. The Morgan fingerprint density at radius 1 is 0.900 bits per heavy atom. The fraction of sp³-hybridized carbons (Fsp3) is 0. The van der Waals surface area contributed by atoms with E-state index in [0.717, 1.165) is 17.5 Å². The number of benzene rings is 2. The lowest BCUT2D eigenvalue weighted by Gasteiger charge is -2.03. The number of rotatable bonds is 3. The lowest BCUT2D eigenvalue weighted by Crippen LogP contribution is -1.98. The molecule has 0 spiro atoms. The Hall–Kier alpha value is -2.88. The number of aromatic carboxylic acids is 1. The molecule has 0 aliphatic carbocycles. The van der Waals surface area contributed by atoms with Gasteiger partial charge in [-0.15, -0.1) is 0 Å². The minimum absolute atomic E-state index is 0.0718. The van der Waals surface area contributed by atoms with Crippen molar-refractivity contribution in [2.24, 2.45) is 0 Å². The minimum Gasteiger partial charge on any atom is -0.476 e. The van der Waals surface area contributed by atoms with Gasteiger partial charge in [0.1, 0.15) is 0 Å². The van der Waals surface area contributed by atoms with Gasteiger partial charge in [0.2, 0.25) is 0 Å². The molecule has 0 aliphatic rings. The summed E-state index contributed by atoms with van der Waals surface area (Å²) in [4.78, 5) is 14.7. The number of aromatic nitrogens is 1. The van der Waals surface area contributed by atoms with Gasteiger partial charge in [-0.2, -0.15) is 0 Å². The number of hydrogen-bond donors (Lipinski definition) is 1. The van der Waals surface area contributed by atoms with E-state index in [4.69, 9.17) is 9.52 Å². The van der Waals surface area contributed by atoms with Crippen molar-refractivity contribution in [1.82, 2.24) is 4.98 Å². The van der Waals surface area contributed by atoms with Gasteiger partial charge in [0.25, 0.3) is 0 Å². The van der Waals surface area contributed by atoms with Gasteiger partial charge in [-0.1, -0.05) is 54.6 Å². The summed E-state index contributed by atoms with van der Waals surface area (Å²) in [5, 5.41) is 9.03. The summed E-state index contributed by atoms with van der Waals surface area (Å²) in [6.07, 6.45) is 1.14. The molecule has 1 heterocycles. The summed E-state index contributed by atoms with van der Waals surface area (Å²) in [6.45, 7) is 0. The van der Waals surface area contributed by atoms with Gasteiger partial charge in [-0.25, -0.2) is 9.78 Å². The van der Waals surface area contributed by atoms with Crippen LogP contribution in [-0.4, -0.2) is 16.1 Å². The second kappa shape index (κ2) is 5.01. The minimum atomic E-state index is -1.10. The van der Waals surface area contributed by atoms with Gasteiger partial charge in [0, 0.05) is 5.56 Å². The highest BCUT2D eigenvalue weighted by Crippen LogP contribution is 2.26. The van der Waals surface area contributed by atoms with Crippen molar-refractivity contribution in [3.05, 3.63) is 66.7 Å². The second-order valence-corrected chi connectivity index (χ2v) is 4.28. The smallest absolute Gasteiger partial charge is 0.358 e. The molecule has 1 aromatic heterocycles. The molecule has 98 valence electrons. The van der Waals surface area contributed by atoms with Gasteiger partial charge >= 0.3 is 5.97 Å². The zero-order valence-corrected chi connectivity index (χ0v) is 10.5. The molecule has 0 radical (unpaired) electrons. The van der Waals surface area contributed by atoms with Gasteiger partial charge in [-0.05, 0) is 11.1 Å². The quantitative estimate of drug-likeness (QED) is 0.784. The van der Waals surface area contributed by atoms with Crippen LogP contribution >= 0.6 is 0 Å². The molecule has 0 unspecified atom stereocenters. The van der Waals surface area contributed by atoms with Gasteiger partial charge < -0.3 is 9.52 Å². The largest absolute Gasteiger partial charge is 0.476 e. The summed E-state index contributed by atoms with van der Waals surface area (Å²) in [6, 6.07) is 17.5. The molecule has 3 rings (SSSR count). The van der Waals surface area contributed by atoms with Crippen LogP contribution in [0.25, 0.3) is 22.5 Å². The Bertz CT molecular complexity index is 730. The molecule has 4 nitrogen and oxygen atoms in total. The van der Waals surface area contributed by atoms with E-state index in [-0.39, 0.29) is 11.5 Å². The third-order valence-electron chi connectivity index (χ3n) is 3.02. The fourth-order valence-electron chi connectivity index (χ4n) is 2.05. The number of oxazole rings is 1. The van der Waals surface area contributed by atoms with Crippen LogP contribution < -0.4 is 0 Å². The summed E-state index contributed by atoms with van der Waals surface area (Å²) in [7, 11) is 0. The standard InChI is InChI=1S/C16H11NO3/c18-16(19)14-15(20-10-17-14)13-8-6-12(7-9-13)11-4-2-1-3-5-11/h1-10H,(H,18,19). The zero-order chi connectivity index (χ0) is 13.9. The zero-order valence-electron chi connectivity index (χ0n) is 10.5. The summed E-state index contributed by atoms with van der Waals surface area (Å²) in [5.74, 6) is -0.821. The maximum Gasteiger partial charge on any atom is 0.358 e. The molecule has 0 aliphatic heterocycles. The summed E-state index contributed by atoms with van der Waals surface area (Å²) < 4.78 is 5.17. The van der Waals surface area contributed by atoms with E-state index in [1.807, 2.05) is 54.6 Å². The topological polar surface area (TPSA) is 63.3 Å². The molecule has 0 atom stereocenters. The SMILES string of the molecule is O=C(O)c1ncoc1-c1ccc(-c2ccccc2)cc1. The van der Waals surface area contributed by atoms with Gasteiger partial charge in [0.05, 0.1) is 0 Å². The summed E-state index contributed by atoms with van der Waals surface area (Å²) >= 11 is 0. The van der Waals surface area contributed by atoms with Crippen LogP contribution in [0.1, 0.15) is 10.5 Å². The molecular formula is C16H11NO3. The lowest BCUT2D eigenvalue weighted by molar-refractivity contribution is 0.0691. The first-order chi connectivity index (χ1) is 9.75. The van der Waals surface area contributed by atoms with Crippen molar-refractivity contribution in [1.29, 1.82) is 0 Å². The number of hydrogen-bond acceptors (Lipinski definition) is 3. The average Bonchev–Trinajstić information content (AvgIpc) is 2.98. The van der Waals surface area contributed by atoms with E-state index in [1.165, 1.54) is 0 Å². The Labute approximate surface area is 115 Å². The first-order valence-electron chi connectivity index (χ1n) is 6.08. The second-order valence-electron chi connectivity index (χ2n) is 4.28. The normalized spacial score (nSPS) is 10.4. The highest BCUT2D eigenvalue weighted by Gasteiger charge is 2.16. The van der Waals surface area contributed by atoms with Crippen molar-refractivity contribution >= 4 is 5.97 Å². The number of nitrogens with zero attached hydrogens (tertiary/aromatic N) is 1. The molecule has 0 amide bonds. The van der Waals surface area contributed by atoms with Crippen LogP contribution in [-0.2, 0) is 0 Å². The summed E-state index contributed by atoms with van der Waals surface area (Å²) in [5.41, 5.74) is 2.79. The maximum absolute atomic E-state index is 11.0. The number of carbonyl (C=O) groups is 1. The highest BCUT2D eigenvalue weighted by atomic mass is 16.4. The molecule has 0 fully saturated rings. The Morgan fingerprint density at radius 3 is 2.15 bits per heavy atom. The predicted molar refractivity (Wildman–Crippen MR) is 74.3 cm³/mol. The lowest BCUT2D eigenvalue weighted by atomic mass is 10.0. The molecule has 4 heteroatoms. The molecule has 1 N–H and O–H groups in total. The van der Waals surface area contributed by atoms with E-state index >= 15 is 0 Å². The molecular weight excluding hydrogens is 254 g/mol. The van der Waals surface area contributed by atoms with Crippen molar-refractivity contribution < 1.29 is 14.3 Å². The van der Waals surface area contributed by atoms with E-state index in [1.54, 1.807) is 0 Å². The van der Waals surface area contributed by atoms with E-state index < -0.39 is 5.97 Å². The van der Waals surface area contributed by atoms with Gasteiger partial charge in [-0.3, -0.25) is 0 Å². The van der Waals surface area contributed by atoms with Crippen LogP contribution in [0.4, 0.5) is 0 Å². The Balaban J connectivity index is 1.98. The van der Waals surface area contributed by atoms with Crippen molar-refractivity contribution in [3.63, 3.8) is 0 Å². The number of carboxylic acid groups (broad SMARTS) is 1. The number of carboxylic acids is 1. The van der Waals surface area contributed by atoms with Crippen LogP contribution in [0, 0.1) is 0 Å². The average molecular weight is 265 g/mol. The molecule has 3 aromatic rings. The van der Waals surface area contributed by atoms with E-state index in [9.17, 15) is 4.79 Å². The molecule has 2 aromatic carbocycles.